The Bertz CT molecular complexity index is 1250. The molecule has 1 aromatic heterocycles. The van der Waals surface area contributed by atoms with Crippen LogP contribution in [0.5, 0.6) is 0 Å². The van der Waals surface area contributed by atoms with Crippen LogP contribution in [-0.2, 0) is 4.79 Å². The molecule has 10 heteroatoms. The van der Waals surface area contributed by atoms with E-state index in [9.17, 15) is 14.4 Å². The topological polar surface area (TPSA) is 164 Å². The highest BCUT2D eigenvalue weighted by Crippen LogP contribution is 2.25. The minimum atomic E-state index is -1.13. The number of carbonyl (C=O) groups is 3. The number of aryl methyl sites for hydroxylation is 1. The highest BCUT2D eigenvalue weighted by atomic mass is 16.4. The number of nitrogens with two attached hydrogens (primary N) is 2. The van der Waals surface area contributed by atoms with Crippen molar-refractivity contribution in [3.8, 4) is 0 Å². The number of amides is 2. The lowest BCUT2D eigenvalue weighted by Crippen LogP contribution is -2.42. The van der Waals surface area contributed by atoms with Crippen molar-refractivity contribution in [3.05, 3.63) is 65.4 Å². The molecule has 0 saturated carbocycles. The van der Waals surface area contributed by atoms with Crippen molar-refractivity contribution in [1.82, 2.24) is 10.3 Å². The summed E-state index contributed by atoms with van der Waals surface area (Å²) in [6, 6.07) is 12.9. The molecule has 0 aliphatic heterocycles. The van der Waals surface area contributed by atoms with Crippen LogP contribution in [0.4, 0.5) is 16.2 Å². The first-order valence-electron chi connectivity index (χ1n) is 10.1. The molecule has 33 heavy (non-hydrogen) atoms. The number of guanidine groups is 1. The van der Waals surface area contributed by atoms with Crippen LogP contribution in [0, 0.1) is 6.92 Å². The predicted octanol–water partition coefficient (Wildman–Crippen LogP) is 2.30. The number of fused-ring (bicyclic) bond motifs is 1. The monoisotopic (exact) mass is 448 g/mol. The molecular formula is C23H24N6O4. The van der Waals surface area contributed by atoms with Gasteiger partial charge in [0.05, 0.1) is 11.2 Å². The SMILES string of the molecule is CCN(C(=O)NCC(=O)O)c1ccc2c(C)cc(C(=O)c3ccc(N=C(N)N)cc3)nc2c1. The first kappa shape index (κ1) is 23.2. The fraction of sp³-hybridized carbons (Fsp3) is 0.174. The summed E-state index contributed by atoms with van der Waals surface area (Å²) in [5.74, 6) is -1.48. The van der Waals surface area contributed by atoms with Crippen LogP contribution in [0.1, 0.15) is 28.5 Å². The standard InChI is InChI=1S/C23H24N6O4/c1-3-29(23(33)26-12-20(30)31)16-8-9-17-13(2)10-19(28-18(17)11-16)21(32)14-4-6-15(7-5-14)27-22(24)25/h4-11H,3,12H2,1-2H3,(H,26,33)(H,30,31)(H4,24,25,27). The van der Waals surface area contributed by atoms with Gasteiger partial charge in [0.25, 0.3) is 0 Å². The smallest absolute Gasteiger partial charge is 0.323 e. The van der Waals surface area contributed by atoms with Crippen LogP contribution in [0.25, 0.3) is 10.9 Å². The Kier molecular flexibility index (Phi) is 6.87. The van der Waals surface area contributed by atoms with Crippen LogP contribution in [0.15, 0.2) is 53.5 Å². The molecule has 2 amide bonds. The molecule has 0 unspecified atom stereocenters. The molecule has 0 bridgehead atoms. The molecule has 2 aromatic carbocycles. The number of hydrogen-bond donors (Lipinski definition) is 4. The van der Waals surface area contributed by atoms with Crippen molar-refractivity contribution in [3.63, 3.8) is 0 Å². The molecule has 0 radical (unpaired) electrons. The molecule has 0 fully saturated rings. The number of urea groups is 1. The zero-order valence-electron chi connectivity index (χ0n) is 18.2. The highest BCUT2D eigenvalue weighted by molar-refractivity contribution is 6.09. The maximum absolute atomic E-state index is 13.0. The first-order chi connectivity index (χ1) is 15.7. The summed E-state index contributed by atoms with van der Waals surface area (Å²) in [5.41, 5.74) is 13.9. The van der Waals surface area contributed by atoms with Gasteiger partial charge in [-0.15, -0.1) is 0 Å². The van der Waals surface area contributed by atoms with Gasteiger partial charge in [-0.3, -0.25) is 14.5 Å². The lowest BCUT2D eigenvalue weighted by molar-refractivity contribution is -0.135. The average Bonchev–Trinajstić information content (AvgIpc) is 2.77. The normalized spacial score (nSPS) is 10.5. The second-order valence-electron chi connectivity index (χ2n) is 7.24. The van der Waals surface area contributed by atoms with E-state index in [2.05, 4.69) is 15.3 Å². The van der Waals surface area contributed by atoms with Gasteiger partial charge in [0.2, 0.25) is 5.78 Å². The Labute approximate surface area is 189 Å². The van der Waals surface area contributed by atoms with Gasteiger partial charge in [0.1, 0.15) is 12.2 Å². The number of rotatable bonds is 7. The number of pyridine rings is 1. The van der Waals surface area contributed by atoms with Crippen LogP contribution in [0.3, 0.4) is 0 Å². The number of aliphatic imine (C=N–C) groups is 1. The molecule has 0 aliphatic carbocycles. The molecule has 0 spiro atoms. The number of aromatic nitrogens is 1. The maximum Gasteiger partial charge on any atom is 0.323 e. The van der Waals surface area contributed by atoms with E-state index >= 15 is 0 Å². The van der Waals surface area contributed by atoms with E-state index in [0.717, 1.165) is 10.9 Å². The Balaban J connectivity index is 1.95. The summed E-state index contributed by atoms with van der Waals surface area (Å²) in [7, 11) is 0. The molecule has 170 valence electrons. The number of benzene rings is 2. The molecule has 0 aliphatic rings. The van der Waals surface area contributed by atoms with E-state index < -0.39 is 18.5 Å². The van der Waals surface area contributed by atoms with Gasteiger partial charge >= 0.3 is 12.0 Å². The first-order valence-corrected chi connectivity index (χ1v) is 10.1. The second-order valence-corrected chi connectivity index (χ2v) is 7.24. The van der Waals surface area contributed by atoms with Crippen LogP contribution < -0.4 is 21.7 Å². The molecule has 10 nitrogen and oxygen atoms in total. The maximum atomic E-state index is 13.0. The van der Waals surface area contributed by atoms with Gasteiger partial charge in [-0.2, -0.15) is 0 Å². The largest absolute Gasteiger partial charge is 0.480 e. The molecule has 6 N–H and O–H groups in total. The summed E-state index contributed by atoms with van der Waals surface area (Å²) in [4.78, 5) is 46.0. The highest BCUT2D eigenvalue weighted by Gasteiger charge is 2.17. The summed E-state index contributed by atoms with van der Waals surface area (Å²) in [6.07, 6.45) is 0. The fourth-order valence-corrected chi connectivity index (χ4v) is 3.35. The third-order valence-electron chi connectivity index (χ3n) is 4.88. The number of nitrogens with one attached hydrogen (secondary N) is 1. The van der Waals surface area contributed by atoms with Crippen molar-refractivity contribution in [2.45, 2.75) is 13.8 Å². The number of anilines is 1. The summed E-state index contributed by atoms with van der Waals surface area (Å²) in [6.45, 7) is 3.48. The van der Waals surface area contributed by atoms with E-state index in [1.165, 1.54) is 4.90 Å². The second kappa shape index (κ2) is 9.77. The molecule has 0 atom stereocenters. The van der Waals surface area contributed by atoms with Gasteiger partial charge in [0.15, 0.2) is 5.96 Å². The van der Waals surface area contributed by atoms with Crippen molar-refractivity contribution in [2.24, 2.45) is 16.5 Å². The average molecular weight is 448 g/mol. The molecular weight excluding hydrogens is 424 g/mol. The number of aliphatic carboxylic acids is 1. The lowest BCUT2D eigenvalue weighted by Gasteiger charge is -2.21. The van der Waals surface area contributed by atoms with Crippen LogP contribution >= 0.6 is 0 Å². The van der Waals surface area contributed by atoms with Crippen LogP contribution in [-0.4, -0.2) is 46.9 Å². The Morgan fingerprint density at radius 2 is 1.79 bits per heavy atom. The number of ketones is 1. The van der Waals surface area contributed by atoms with E-state index in [0.29, 0.717) is 29.0 Å². The number of carbonyl (C=O) groups excluding carboxylic acids is 2. The van der Waals surface area contributed by atoms with Gasteiger partial charge in [-0.25, -0.2) is 14.8 Å². The van der Waals surface area contributed by atoms with E-state index in [4.69, 9.17) is 16.6 Å². The van der Waals surface area contributed by atoms with Gasteiger partial charge in [0, 0.05) is 23.2 Å². The third-order valence-corrected chi connectivity index (χ3v) is 4.88. The minimum Gasteiger partial charge on any atom is -0.480 e. The Morgan fingerprint density at radius 1 is 1.09 bits per heavy atom. The summed E-state index contributed by atoms with van der Waals surface area (Å²) < 4.78 is 0. The third kappa shape index (κ3) is 5.42. The lowest BCUT2D eigenvalue weighted by atomic mass is 10.0. The Morgan fingerprint density at radius 3 is 2.39 bits per heavy atom. The molecule has 1 heterocycles. The van der Waals surface area contributed by atoms with Crippen LogP contribution in [0.2, 0.25) is 0 Å². The number of nitrogens with zero attached hydrogens (tertiary/aromatic N) is 3. The number of hydrogen-bond acceptors (Lipinski definition) is 5. The fourth-order valence-electron chi connectivity index (χ4n) is 3.35. The predicted molar refractivity (Wildman–Crippen MR) is 126 cm³/mol. The van der Waals surface area contributed by atoms with Crippen molar-refractivity contribution >= 4 is 46.0 Å². The van der Waals surface area contributed by atoms with E-state index in [-0.39, 0.29) is 17.4 Å². The molecule has 0 saturated heterocycles. The molecule has 3 aromatic rings. The number of carboxylic acids is 1. The van der Waals surface area contributed by atoms with Crippen molar-refractivity contribution in [2.75, 3.05) is 18.0 Å². The van der Waals surface area contributed by atoms with Gasteiger partial charge < -0.3 is 21.9 Å². The quantitative estimate of drug-likeness (QED) is 0.245. The summed E-state index contributed by atoms with van der Waals surface area (Å²) >= 11 is 0. The van der Waals surface area contributed by atoms with E-state index in [1.807, 2.05) is 13.0 Å². The molecule has 3 rings (SSSR count). The zero-order valence-corrected chi connectivity index (χ0v) is 18.2. The van der Waals surface area contributed by atoms with Crippen molar-refractivity contribution in [1.29, 1.82) is 0 Å². The van der Waals surface area contributed by atoms with Gasteiger partial charge in [-0.05, 0) is 61.9 Å². The Hall–Kier alpha value is -4.47. The zero-order chi connectivity index (χ0) is 24.1. The minimum absolute atomic E-state index is 0.0746. The summed E-state index contributed by atoms with van der Waals surface area (Å²) in [5, 5.41) is 12.0. The van der Waals surface area contributed by atoms with Gasteiger partial charge in [-0.1, -0.05) is 6.07 Å². The van der Waals surface area contributed by atoms with E-state index in [1.54, 1.807) is 49.4 Å². The van der Waals surface area contributed by atoms with Crippen molar-refractivity contribution < 1.29 is 19.5 Å². The number of carboxylic acid groups (broad SMARTS) is 1.